The van der Waals surface area contributed by atoms with Crippen LogP contribution in [0.5, 0.6) is 0 Å². The average molecular weight is 256 g/mol. The van der Waals surface area contributed by atoms with E-state index in [2.05, 4.69) is 44.8 Å². The maximum absolute atomic E-state index is 5.44. The lowest BCUT2D eigenvalue weighted by Gasteiger charge is -2.46. The fourth-order valence-electron chi connectivity index (χ4n) is 2.92. The fourth-order valence-corrected chi connectivity index (χ4v) is 2.92. The van der Waals surface area contributed by atoms with Crippen LogP contribution >= 0.6 is 0 Å². The second-order valence-electron chi connectivity index (χ2n) is 6.28. The number of rotatable bonds is 6. The molecule has 0 bridgehead atoms. The molecule has 0 amide bonds. The number of ether oxygens (including phenoxy) is 1. The third-order valence-electron chi connectivity index (χ3n) is 4.30. The molecule has 0 saturated carbocycles. The van der Waals surface area contributed by atoms with E-state index < -0.39 is 0 Å². The van der Waals surface area contributed by atoms with Crippen molar-refractivity contribution in [3.63, 3.8) is 0 Å². The van der Waals surface area contributed by atoms with Crippen LogP contribution in [0.4, 0.5) is 0 Å². The summed E-state index contributed by atoms with van der Waals surface area (Å²) < 4.78 is 5.44. The molecule has 3 heteroatoms. The van der Waals surface area contributed by atoms with Gasteiger partial charge in [0.25, 0.3) is 0 Å². The quantitative estimate of drug-likeness (QED) is 0.789. The largest absolute Gasteiger partial charge is 0.383 e. The number of nitrogens with one attached hydrogen (secondary N) is 1. The Labute approximate surface area is 113 Å². The summed E-state index contributed by atoms with van der Waals surface area (Å²) in [6, 6.07) is 1.82. The molecule has 1 aliphatic heterocycles. The van der Waals surface area contributed by atoms with Gasteiger partial charge in [0.1, 0.15) is 0 Å². The van der Waals surface area contributed by atoms with Gasteiger partial charge in [-0.3, -0.25) is 4.90 Å². The number of hydrogen-bond acceptors (Lipinski definition) is 3. The third-order valence-corrected chi connectivity index (χ3v) is 4.30. The van der Waals surface area contributed by atoms with Gasteiger partial charge < -0.3 is 10.1 Å². The second kappa shape index (κ2) is 7.46. The summed E-state index contributed by atoms with van der Waals surface area (Å²) in [7, 11) is 1.82. The topological polar surface area (TPSA) is 24.5 Å². The minimum absolute atomic E-state index is 0.545. The molecule has 3 atom stereocenters. The average Bonchev–Trinajstić information content (AvgIpc) is 2.34. The van der Waals surface area contributed by atoms with Gasteiger partial charge in [0.05, 0.1) is 6.61 Å². The van der Waals surface area contributed by atoms with E-state index >= 15 is 0 Å². The van der Waals surface area contributed by atoms with Crippen LogP contribution in [0.15, 0.2) is 0 Å². The summed E-state index contributed by atoms with van der Waals surface area (Å²) in [6.45, 7) is 14.6. The van der Waals surface area contributed by atoms with Crippen molar-refractivity contribution < 1.29 is 4.74 Å². The molecule has 1 fully saturated rings. The molecule has 18 heavy (non-hydrogen) atoms. The van der Waals surface area contributed by atoms with E-state index in [9.17, 15) is 0 Å². The van der Waals surface area contributed by atoms with Crippen LogP contribution < -0.4 is 5.32 Å². The first-order chi connectivity index (χ1) is 8.51. The lowest BCUT2D eigenvalue weighted by atomic mass is 9.93. The smallest absolute Gasteiger partial charge is 0.0620 e. The van der Waals surface area contributed by atoms with E-state index in [4.69, 9.17) is 4.74 Å². The first kappa shape index (κ1) is 15.9. The highest BCUT2D eigenvalue weighted by Crippen LogP contribution is 2.22. The second-order valence-corrected chi connectivity index (χ2v) is 6.28. The van der Waals surface area contributed by atoms with Gasteiger partial charge in [-0.15, -0.1) is 0 Å². The Kier molecular flexibility index (Phi) is 6.61. The van der Waals surface area contributed by atoms with E-state index in [1.54, 1.807) is 0 Å². The molecule has 1 saturated heterocycles. The lowest BCUT2D eigenvalue weighted by molar-refractivity contribution is 0.00527. The zero-order chi connectivity index (χ0) is 13.7. The molecule has 108 valence electrons. The molecule has 0 aromatic rings. The third kappa shape index (κ3) is 3.94. The highest BCUT2D eigenvalue weighted by molar-refractivity contribution is 4.91. The summed E-state index contributed by atoms with van der Waals surface area (Å²) in [5, 5.41) is 3.70. The van der Waals surface area contributed by atoms with Crippen molar-refractivity contribution in [3.8, 4) is 0 Å². The van der Waals surface area contributed by atoms with Gasteiger partial charge in [-0.2, -0.15) is 0 Å². The molecular formula is C15H32N2O. The zero-order valence-electron chi connectivity index (χ0n) is 13.1. The van der Waals surface area contributed by atoms with Crippen molar-refractivity contribution in [3.05, 3.63) is 0 Å². The van der Waals surface area contributed by atoms with Crippen molar-refractivity contribution in [1.82, 2.24) is 10.2 Å². The van der Waals surface area contributed by atoms with E-state index in [1.807, 2.05) is 7.11 Å². The molecule has 1 aliphatic rings. The van der Waals surface area contributed by atoms with Crippen molar-refractivity contribution in [2.24, 2.45) is 11.8 Å². The van der Waals surface area contributed by atoms with Crippen molar-refractivity contribution in [2.75, 3.05) is 26.8 Å². The molecule has 0 spiro atoms. The summed E-state index contributed by atoms with van der Waals surface area (Å²) in [5.74, 6) is 1.34. The fraction of sp³-hybridized carbons (Fsp3) is 1.00. The SMILES string of the molecule is CCC1CNC(C(C)C)CN1C(COC)C(C)C. The van der Waals surface area contributed by atoms with Crippen LogP contribution in [0, 0.1) is 11.8 Å². The van der Waals surface area contributed by atoms with E-state index in [0.29, 0.717) is 30.0 Å². The van der Waals surface area contributed by atoms with Crippen LogP contribution in [0.1, 0.15) is 41.0 Å². The molecule has 0 aromatic carbocycles. The molecule has 0 aliphatic carbocycles. The van der Waals surface area contributed by atoms with Crippen LogP contribution in [0.25, 0.3) is 0 Å². The minimum Gasteiger partial charge on any atom is -0.383 e. The standard InChI is InChI=1S/C15H32N2O/c1-7-13-8-16-14(11(2)3)9-17(13)15(10-18-6)12(4)5/h11-16H,7-10H2,1-6H3. The van der Waals surface area contributed by atoms with E-state index in [1.165, 1.54) is 6.42 Å². The number of piperazine rings is 1. The Morgan fingerprint density at radius 1 is 1.28 bits per heavy atom. The Hall–Kier alpha value is -0.120. The zero-order valence-corrected chi connectivity index (χ0v) is 13.1. The van der Waals surface area contributed by atoms with Gasteiger partial charge in [-0.25, -0.2) is 0 Å². The van der Waals surface area contributed by atoms with Gasteiger partial charge in [0.2, 0.25) is 0 Å². The Balaban J connectivity index is 2.76. The lowest BCUT2D eigenvalue weighted by Crippen LogP contribution is -2.62. The molecule has 0 radical (unpaired) electrons. The molecule has 1 rings (SSSR count). The summed E-state index contributed by atoms with van der Waals surface area (Å²) in [6.07, 6.45) is 1.21. The van der Waals surface area contributed by atoms with Crippen molar-refractivity contribution in [1.29, 1.82) is 0 Å². The predicted octanol–water partition coefficient (Wildman–Crippen LogP) is 2.37. The highest BCUT2D eigenvalue weighted by Gasteiger charge is 2.34. The predicted molar refractivity (Wildman–Crippen MR) is 77.9 cm³/mol. The van der Waals surface area contributed by atoms with E-state index in [-0.39, 0.29) is 0 Å². The van der Waals surface area contributed by atoms with Gasteiger partial charge >= 0.3 is 0 Å². The minimum atomic E-state index is 0.545. The maximum Gasteiger partial charge on any atom is 0.0620 e. The number of methoxy groups -OCH3 is 1. The van der Waals surface area contributed by atoms with Gasteiger partial charge in [-0.1, -0.05) is 34.6 Å². The summed E-state index contributed by atoms with van der Waals surface area (Å²) in [4.78, 5) is 2.69. The molecule has 1 heterocycles. The monoisotopic (exact) mass is 256 g/mol. The molecule has 3 unspecified atom stereocenters. The Morgan fingerprint density at radius 3 is 2.39 bits per heavy atom. The Morgan fingerprint density at radius 2 is 1.94 bits per heavy atom. The number of hydrogen-bond donors (Lipinski definition) is 1. The van der Waals surface area contributed by atoms with E-state index in [0.717, 1.165) is 19.7 Å². The van der Waals surface area contributed by atoms with Gasteiger partial charge in [0, 0.05) is 38.3 Å². The molecule has 0 aromatic heterocycles. The first-order valence-electron chi connectivity index (χ1n) is 7.49. The number of nitrogens with zero attached hydrogens (tertiary/aromatic N) is 1. The molecule has 3 nitrogen and oxygen atoms in total. The Bertz CT molecular complexity index is 231. The highest BCUT2D eigenvalue weighted by atomic mass is 16.5. The van der Waals surface area contributed by atoms with Crippen LogP contribution in [-0.2, 0) is 4.74 Å². The van der Waals surface area contributed by atoms with Crippen LogP contribution in [0.2, 0.25) is 0 Å². The first-order valence-corrected chi connectivity index (χ1v) is 7.49. The van der Waals surface area contributed by atoms with Crippen molar-refractivity contribution in [2.45, 2.75) is 59.2 Å². The normalized spacial score (nSPS) is 28.0. The van der Waals surface area contributed by atoms with Crippen LogP contribution in [0.3, 0.4) is 0 Å². The van der Waals surface area contributed by atoms with Crippen molar-refractivity contribution >= 4 is 0 Å². The molecular weight excluding hydrogens is 224 g/mol. The summed E-state index contributed by atoms with van der Waals surface area (Å²) in [5.41, 5.74) is 0. The maximum atomic E-state index is 5.44. The summed E-state index contributed by atoms with van der Waals surface area (Å²) >= 11 is 0. The molecule has 1 N–H and O–H groups in total. The van der Waals surface area contributed by atoms with Gasteiger partial charge in [0.15, 0.2) is 0 Å². The van der Waals surface area contributed by atoms with Gasteiger partial charge in [-0.05, 0) is 18.3 Å². The van der Waals surface area contributed by atoms with Crippen LogP contribution in [-0.4, -0.2) is 49.8 Å².